The second kappa shape index (κ2) is 6.09. The van der Waals surface area contributed by atoms with Crippen molar-refractivity contribution in [3.05, 3.63) is 45.4 Å². The Hall–Kier alpha value is -2.96. The van der Waals surface area contributed by atoms with E-state index in [-0.39, 0.29) is 17.9 Å². The van der Waals surface area contributed by atoms with Gasteiger partial charge in [-0.15, -0.1) is 0 Å². The minimum absolute atomic E-state index is 0.0775. The van der Waals surface area contributed by atoms with Crippen LogP contribution in [0.3, 0.4) is 0 Å². The predicted molar refractivity (Wildman–Crippen MR) is 92.5 cm³/mol. The number of rotatable bonds is 2. The number of fused-ring (bicyclic) bond motifs is 2. The minimum atomic E-state index is -0.435. The maximum absolute atomic E-state index is 12.9. The molecule has 3 heterocycles. The van der Waals surface area contributed by atoms with E-state index in [9.17, 15) is 9.59 Å². The molecule has 26 heavy (non-hydrogen) atoms. The summed E-state index contributed by atoms with van der Waals surface area (Å²) in [6.07, 6.45) is 0.0775. The first-order chi connectivity index (χ1) is 12.5. The lowest BCUT2D eigenvalue weighted by Gasteiger charge is -2.27. The Morgan fingerprint density at radius 2 is 1.88 bits per heavy atom. The van der Waals surface area contributed by atoms with Gasteiger partial charge in [-0.1, -0.05) is 0 Å². The summed E-state index contributed by atoms with van der Waals surface area (Å²) in [4.78, 5) is 25.0. The summed E-state index contributed by atoms with van der Waals surface area (Å²) in [5.41, 5.74) is 1.77. The summed E-state index contributed by atoms with van der Waals surface area (Å²) in [5.74, 6) is 1.12. The number of methoxy groups -OCH3 is 1. The highest BCUT2D eigenvalue weighted by Gasteiger charge is 2.33. The van der Waals surface area contributed by atoms with Crippen LogP contribution in [0.2, 0.25) is 0 Å². The lowest BCUT2D eigenvalue weighted by atomic mass is 9.86. The standard InChI is InChI=1S/C19H19NO6/c1-10-6-13-17(19(22)20(10)2)12(9-16(21)26-13)11-7-14(23-3)18-15(8-11)24-4-5-25-18/h6-8,12H,4-5,9H2,1-3H3/t12-/m1/s1. The molecule has 0 aliphatic carbocycles. The maximum Gasteiger partial charge on any atom is 0.312 e. The summed E-state index contributed by atoms with van der Waals surface area (Å²) in [7, 11) is 3.25. The molecule has 0 saturated carbocycles. The second-order valence-corrected chi connectivity index (χ2v) is 6.41. The first-order valence-electron chi connectivity index (χ1n) is 8.38. The summed E-state index contributed by atoms with van der Waals surface area (Å²) >= 11 is 0. The van der Waals surface area contributed by atoms with Gasteiger partial charge in [0.2, 0.25) is 5.75 Å². The van der Waals surface area contributed by atoms with Crippen LogP contribution in [-0.4, -0.2) is 30.9 Å². The van der Waals surface area contributed by atoms with E-state index in [2.05, 4.69) is 0 Å². The number of ether oxygens (including phenoxy) is 4. The summed E-state index contributed by atoms with van der Waals surface area (Å²) in [6.45, 7) is 2.68. The van der Waals surface area contributed by atoms with Gasteiger partial charge in [0.25, 0.3) is 5.56 Å². The summed E-state index contributed by atoms with van der Waals surface area (Å²) in [5, 5.41) is 0. The van der Waals surface area contributed by atoms with E-state index in [1.54, 1.807) is 37.8 Å². The summed E-state index contributed by atoms with van der Waals surface area (Å²) in [6, 6.07) is 5.32. The molecule has 1 aromatic heterocycles. The van der Waals surface area contributed by atoms with Gasteiger partial charge >= 0.3 is 5.97 Å². The average molecular weight is 357 g/mol. The molecule has 7 heteroatoms. The third kappa shape index (κ3) is 2.51. The van der Waals surface area contributed by atoms with Crippen molar-refractivity contribution in [2.75, 3.05) is 20.3 Å². The van der Waals surface area contributed by atoms with Crippen molar-refractivity contribution >= 4 is 5.97 Å². The Morgan fingerprint density at radius 3 is 2.65 bits per heavy atom. The van der Waals surface area contributed by atoms with Crippen molar-refractivity contribution in [2.45, 2.75) is 19.3 Å². The van der Waals surface area contributed by atoms with Gasteiger partial charge in [0, 0.05) is 24.7 Å². The largest absolute Gasteiger partial charge is 0.493 e. The second-order valence-electron chi connectivity index (χ2n) is 6.41. The zero-order valence-corrected chi connectivity index (χ0v) is 14.8. The summed E-state index contributed by atoms with van der Waals surface area (Å²) < 4.78 is 23.6. The third-order valence-electron chi connectivity index (χ3n) is 4.87. The zero-order valence-electron chi connectivity index (χ0n) is 14.8. The number of aryl methyl sites for hydroxylation is 1. The smallest absolute Gasteiger partial charge is 0.312 e. The Labute approximate surface area is 150 Å². The van der Waals surface area contributed by atoms with Crippen molar-refractivity contribution in [3.63, 3.8) is 0 Å². The Balaban J connectivity index is 1.91. The molecule has 0 spiro atoms. The number of carbonyl (C=O) groups is 1. The topological polar surface area (TPSA) is 76.0 Å². The van der Waals surface area contributed by atoms with Crippen LogP contribution in [0.25, 0.3) is 0 Å². The van der Waals surface area contributed by atoms with Gasteiger partial charge in [0.1, 0.15) is 19.0 Å². The lowest BCUT2D eigenvalue weighted by Crippen LogP contribution is -2.32. The number of esters is 1. The molecule has 1 aromatic carbocycles. The van der Waals surface area contributed by atoms with Crippen LogP contribution in [-0.2, 0) is 11.8 Å². The fourth-order valence-corrected chi connectivity index (χ4v) is 3.43. The zero-order chi connectivity index (χ0) is 18.4. The van der Waals surface area contributed by atoms with Crippen molar-refractivity contribution in [2.24, 2.45) is 7.05 Å². The third-order valence-corrected chi connectivity index (χ3v) is 4.87. The normalized spacial score (nSPS) is 18.1. The Bertz CT molecular complexity index is 944. The quantitative estimate of drug-likeness (QED) is 0.765. The molecule has 0 unspecified atom stereocenters. The van der Waals surface area contributed by atoms with Crippen LogP contribution < -0.4 is 24.5 Å². The first-order valence-corrected chi connectivity index (χ1v) is 8.38. The number of pyridine rings is 1. The molecule has 0 saturated heterocycles. The van der Waals surface area contributed by atoms with Crippen LogP contribution in [0.4, 0.5) is 0 Å². The number of aromatic nitrogens is 1. The fraction of sp³-hybridized carbons (Fsp3) is 0.368. The Morgan fingerprint density at radius 1 is 1.12 bits per heavy atom. The molecule has 0 bridgehead atoms. The molecule has 1 atom stereocenters. The van der Waals surface area contributed by atoms with E-state index in [1.165, 1.54) is 0 Å². The molecular weight excluding hydrogens is 338 g/mol. The molecule has 2 aliphatic rings. The molecule has 0 fully saturated rings. The molecular formula is C19H19NO6. The van der Waals surface area contributed by atoms with Crippen LogP contribution in [0, 0.1) is 6.92 Å². The van der Waals surface area contributed by atoms with E-state index in [0.29, 0.717) is 41.8 Å². The first kappa shape index (κ1) is 16.5. The molecule has 0 N–H and O–H groups in total. The van der Waals surface area contributed by atoms with Gasteiger partial charge < -0.3 is 23.5 Å². The van der Waals surface area contributed by atoms with Gasteiger partial charge in [0.05, 0.1) is 19.1 Å². The molecule has 0 radical (unpaired) electrons. The number of hydrogen-bond donors (Lipinski definition) is 0. The van der Waals surface area contributed by atoms with Crippen LogP contribution >= 0.6 is 0 Å². The highest BCUT2D eigenvalue weighted by atomic mass is 16.6. The average Bonchev–Trinajstić information content (AvgIpc) is 2.64. The van der Waals surface area contributed by atoms with Gasteiger partial charge in [0.15, 0.2) is 11.5 Å². The SMILES string of the molecule is COc1cc([C@H]2CC(=O)Oc3cc(C)n(C)c(=O)c32)cc2c1OCCO2. The van der Waals surface area contributed by atoms with Gasteiger partial charge in [-0.2, -0.15) is 0 Å². The van der Waals surface area contributed by atoms with E-state index in [0.717, 1.165) is 11.3 Å². The number of nitrogens with zero attached hydrogens (tertiary/aromatic N) is 1. The van der Waals surface area contributed by atoms with Gasteiger partial charge in [-0.25, -0.2) is 0 Å². The van der Waals surface area contributed by atoms with E-state index in [4.69, 9.17) is 18.9 Å². The minimum Gasteiger partial charge on any atom is -0.493 e. The number of carbonyl (C=O) groups excluding carboxylic acids is 1. The van der Waals surface area contributed by atoms with Crippen LogP contribution in [0.5, 0.6) is 23.0 Å². The molecule has 136 valence electrons. The molecule has 2 aliphatic heterocycles. The molecule has 0 amide bonds. The number of hydrogen-bond acceptors (Lipinski definition) is 6. The van der Waals surface area contributed by atoms with Crippen molar-refractivity contribution in [3.8, 4) is 23.0 Å². The van der Waals surface area contributed by atoms with Crippen LogP contribution in [0.15, 0.2) is 23.0 Å². The van der Waals surface area contributed by atoms with Crippen molar-refractivity contribution in [1.82, 2.24) is 4.57 Å². The van der Waals surface area contributed by atoms with Gasteiger partial charge in [-0.05, 0) is 24.6 Å². The monoisotopic (exact) mass is 357 g/mol. The van der Waals surface area contributed by atoms with Crippen molar-refractivity contribution in [1.29, 1.82) is 0 Å². The van der Waals surface area contributed by atoms with E-state index < -0.39 is 5.92 Å². The van der Waals surface area contributed by atoms with E-state index >= 15 is 0 Å². The molecule has 2 aromatic rings. The van der Waals surface area contributed by atoms with Gasteiger partial charge in [-0.3, -0.25) is 9.59 Å². The highest BCUT2D eigenvalue weighted by molar-refractivity contribution is 5.78. The molecule has 7 nitrogen and oxygen atoms in total. The molecule has 4 rings (SSSR count). The van der Waals surface area contributed by atoms with Crippen molar-refractivity contribution < 1.29 is 23.7 Å². The fourth-order valence-electron chi connectivity index (χ4n) is 3.43. The van der Waals surface area contributed by atoms with Crippen LogP contribution in [0.1, 0.15) is 29.2 Å². The number of benzene rings is 1. The maximum atomic E-state index is 12.9. The van der Waals surface area contributed by atoms with E-state index in [1.807, 2.05) is 6.07 Å². The Kier molecular flexibility index (Phi) is 3.86. The highest BCUT2D eigenvalue weighted by Crippen LogP contribution is 2.45. The predicted octanol–water partition coefficient (Wildman–Crippen LogP) is 1.91. The lowest BCUT2D eigenvalue weighted by molar-refractivity contribution is -0.135.